The molecule has 1 aliphatic rings. The molecule has 3 rings (SSSR count). The first-order chi connectivity index (χ1) is 10.5. The van der Waals surface area contributed by atoms with Crippen LogP contribution < -0.4 is 0 Å². The summed E-state index contributed by atoms with van der Waals surface area (Å²) in [5.41, 5.74) is 2.22. The Morgan fingerprint density at radius 1 is 1.41 bits per heavy atom. The monoisotopic (exact) mass is 301 g/mol. The number of aryl methyl sites for hydroxylation is 1. The van der Waals surface area contributed by atoms with Crippen LogP contribution in [0.25, 0.3) is 11.0 Å². The third-order valence-electron chi connectivity index (χ3n) is 4.23. The number of hydrogen-bond acceptors (Lipinski definition) is 3. The van der Waals surface area contributed by atoms with Crippen molar-refractivity contribution in [1.82, 2.24) is 4.90 Å². The number of aliphatic carboxylic acids is 1. The van der Waals surface area contributed by atoms with E-state index in [2.05, 4.69) is 0 Å². The molecule has 5 heteroatoms. The van der Waals surface area contributed by atoms with Crippen LogP contribution in [0.3, 0.4) is 0 Å². The summed E-state index contributed by atoms with van der Waals surface area (Å²) in [6.45, 7) is 3.60. The third-order valence-corrected chi connectivity index (χ3v) is 4.23. The molecular weight excluding hydrogens is 282 g/mol. The summed E-state index contributed by atoms with van der Waals surface area (Å²) in [6.07, 6.45) is 4.03. The van der Waals surface area contributed by atoms with E-state index >= 15 is 0 Å². The molecule has 1 fully saturated rings. The Balaban J connectivity index is 2.01. The summed E-state index contributed by atoms with van der Waals surface area (Å²) in [4.78, 5) is 25.6. The number of rotatable bonds is 5. The maximum atomic E-state index is 12.8. The summed E-state index contributed by atoms with van der Waals surface area (Å²) < 4.78 is 5.47. The van der Waals surface area contributed by atoms with Crippen LogP contribution in [-0.4, -0.2) is 34.0 Å². The second-order valence-corrected chi connectivity index (χ2v) is 5.79. The van der Waals surface area contributed by atoms with Crippen molar-refractivity contribution in [2.45, 2.75) is 45.2 Å². The Hall–Kier alpha value is -2.30. The number of amides is 1. The van der Waals surface area contributed by atoms with Gasteiger partial charge in [-0.05, 0) is 43.9 Å². The van der Waals surface area contributed by atoms with Gasteiger partial charge in [0.05, 0.1) is 5.56 Å². The SMILES string of the molecule is CCc1ccc2occ(C(=O)N(C3CC3)C(C)C(=O)O)c2c1. The van der Waals surface area contributed by atoms with E-state index in [1.807, 2.05) is 25.1 Å². The fourth-order valence-electron chi connectivity index (χ4n) is 2.73. The number of nitrogens with zero attached hydrogens (tertiary/aromatic N) is 1. The molecule has 0 radical (unpaired) electrons. The first-order valence-corrected chi connectivity index (χ1v) is 7.58. The van der Waals surface area contributed by atoms with Gasteiger partial charge in [-0.2, -0.15) is 0 Å². The molecule has 0 saturated heterocycles. The molecule has 2 aromatic rings. The van der Waals surface area contributed by atoms with Crippen molar-refractivity contribution in [3.05, 3.63) is 35.6 Å². The number of hydrogen-bond donors (Lipinski definition) is 1. The number of carboxylic acids is 1. The van der Waals surface area contributed by atoms with Crippen molar-refractivity contribution in [2.75, 3.05) is 0 Å². The molecule has 1 heterocycles. The molecule has 1 saturated carbocycles. The van der Waals surface area contributed by atoms with Crippen LogP contribution >= 0.6 is 0 Å². The molecule has 1 aromatic heterocycles. The molecule has 116 valence electrons. The van der Waals surface area contributed by atoms with Crippen molar-refractivity contribution in [1.29, 1.82) is 0 Å². The van der Waals surface area contributed by atoms with Crippen LogP contribution in [0.15, 0.2) is 28.9 Å². The molecule has 0 bridgehead atoms. The summed E-state index contributed by atoms with van der Waals surface area (Å²) in [6, 6.07) is 4.96. The van der Waals surface area contributed by atoms with Gasteiger partial charge in [-0.25, -0.2) is 4.79 Å². The summed E-state index contributed by atoms with van der Waals surface area (Å²) in [5.74, 6) is -1.24. The highest BCUT2D eigenvalue weighted by atomic mass is 16.4. The molecule has 1 atom stereocenters. The van der Waals surface area contributed by atoms with E-state index in [0.29, 0.717) is 11.1 Å². The van der Waals surface area contributed by atoms with Crippen molar-refractivity contribution < 1.29 is 19.1 Å². The lowest BCUT2D eigenvalue weighted by molar-refractivity contribution is -0.141. The van der Waals surface area contributed by atoms with Gasteiger partial charge in [0.25, 0.3) is 5.91 Å². The molecule has 1 aliphatic carbocycles. The van der Waals surface area contributed by atoms with Crippen LogP contribution in [0.1, 0.15) is 42.6 Å². The van der Waals surface area contributed by atoms with Gasteiger partial charge in [-0.3, -0.25) is 4.79 Å². The average molecular weight is 301 g/mol. The quantitative estimate of drug-likeness (QED) is 0.921. The van der Waals surface area contributed by atoms with Gasteiger partial charge >= 0.3 is 5.97 Å². The molecule has 1 amide bonds. The van der Waals surface area contributed by atoms with Crippen LogP contribution in [0.2, 0.25) is 0 Å². The third kappa shape index (κ3) is 2.47. The van der Waals surface area contributed by atoms with E-state index < -0.39 is 12.0 Å². The number of carbonyl (C=O) groups excluding carboxylic acids is 1. The molecule has 0 spiro atoms. The van der Waals surface area contributed by atoms with Gasteiger partial charge in [-0.1, -0.05) is 13.0 Å². The zero-order chi connectivity index (χ0) is 15.9. The van der Waals surface area contributed by atoms with Crippen LogP contribution in [0.5, 0.6) is 0 Å². The van der Waals surface area contributed by atoms with Crippen LogP contribution in [-0.2, 0) is 11.2 Å². The van der Waals surface area contributed by atoms with Gasteiger partial charge < -0.3 is 14.4 Å². The predicted molar refractivity (Wildman–Crippen MR) is 81.9 cm³/mol. The topological polar surface area (TPSA) is 70.8 Å². The van der Waals surface area contributed by atoms with Gasteiger partial charge in [0.1, 0.15) is 17.9 Å². The normalized spacial score (nSPS) is 15.7. The predicted octanol–water partition coefficient (Wildman–Crippen LogP) is 3.07. The van der Waals surface area contributed by atoms with Crippen LogP contribution in [0, 0.1) is 0 Å². The lowest BCUT2D eigenvalue weighted by atomic mass is 10.1. The van der Waals surface area contributed by atoms with Crippen molar-refractivity contribution in [3.8, 4) is 0 Å². The minimum Gasteiger partial charge on any atom is -0.480 e. The minimum absolute atomic E-state index is 0.0258. The number of benzene rings is 1. The van der Waals surface area contributed by atoms with Crippen molar-refractivity contribution in [2.24, 2.45) is 0 Å². The smallest absolute Gasteiger partial charge is 0.326 e. The maximum Gasteiger partial charge on any atom is 0.326 e. The van der Waals surface area contributed by atoms with E-state index in [9.17, 15) is 14.7 Å². The van der Waals surface area contributed by atoms with E-state index in [-0.39, 0.29) is 11.9 Å². The molecular formula is C17H19NO4. The highest BCUT2D eigenvalue weighted by Crippen LogP contribution is 2.32. The Bertz CT molecular complexity index is 729. The highest BCUT2D eigenvalue weighted by Gasteiger charge is 2.39. The fourth-order valence-corrected chi connectivity index (χ4v) is 2.73. The summed E-state index contributed by atoms with van der Waals surface area (Å²) >= 11 is 0. The minimum atomic E-state index is -0.984. The lowest BCUT2D eigenvalue weighted by Gasteiger charge is -2.26. The van der Waals surface area contributed by atoms with Gasteiger partial charge in [-0.15, -0.1) is 0 Å². The van der Waals surface area contributed by atoms with Crippen LogP contribution in [0.4, 0.5) is 0 Å². The standard InChI is InChI=1S/C17H19NO4/c1-3-11-4-7-15-13(8-11)14(9-22-15)16(19)18(12-5-6-12)10(2)17(20)21/h4,7-10,12H,3,5-6H2,1-2H3,(H,20,21). The summed E-state index contributed by atoms with van der Waals surface area (Å²) in [5, 5.41) is 10.0. The number of fused-ring (bicyclic) bond motifs is 1. The molecule has 0 aliphatic heterocycles. The molecule has 1 aromatic carbocycles. The van der Waals surface area contributed by atoms with Crippen molar-refractivity contribution >= 4 is 22.8 Å². The second kappa shape index (κ2) is 5.48. The van der Waals surface area contributed by atoms with Gasteiger partial charge in [0.2, 0.25) is 0 Å². The van der Waals surface area contributed by atoms with E-state index in [1.54, 1.807) is 6.92 Å². The van der Waals surface area contributed by atoms with E-state index in [1.165, 1.54) is 11.2 Å². The van der Waals surface area contributed by atoms with Crippen molar-refractivity contribution in [3.63, 3.8) is 0 Å². The number of carbonyl (C=O) groups is 2. The number of furan rings is 1. The lowest BCUT2D eigenvalue weighted by Crippen LogP contribution is -2.44. The maximum absolute atomic E-state index is 12.8. The molecule has 22 heavy (non-hydrogen) atoms. The Morgan fingerprint density at radius 2 is 2.14 bits per heavy atom. The zero-order valence-corrected chi connectivity index (χ0v) is 12.7. The van der Waals surface area contributed by atoms with E-state index in [0.717, 1.165) is 30.2 Å². The highest BCUT2D eigenvalue weighted by molar-refractivity contribution is 6.07. The second-order valence-electron chi connectivity index (χ2n) is 5.79. The van der Waals surface area contributed by atoms with Gasteiger partial charge in [0, 0.05) is 11.4 Å². The van der Waals surface area contributed by atoms with Gasteiger partial charge in [0.15, 0.2) is 0 Å². The number of carboxylic acid groups (broad SMARTS) is 1. The average Bonchev–Trinajstić information content (AvgIpc) is 3.25. The van der Waals surface area contributed by atoms with E-state index in [4.69, 9.17) is 4.42 Å². The Labute approximate surface area is 128 Å². The fraction of sp³-hybridized carbons (Fsp3) is 0.412. The summed E-state index contributed by atoms with van der Waals surface area (Å²) in [7, 11) is 0. The first kappa shape index (κ1) is 14.6. The Kier molecular flexibility index (Phi) is 3.64. The first-order valence-electron chi connectivity index (χ1n) is 7.58. The Morgan fingerprint density at radius 3 is 2.73 bits per heavy atom. The zero-order valence-electron chi connectivity index (χ0n) is 12.7. The molecule has 1 unspecified atom stereocenters. The largest absolute Gasteiger partial charge is 0.480 e. The molecule has 1 N–H and O–H groups in total. The molecule has 5 nitrogen and oxygen atoms in total.